The summed E-state index contributed by atoms with van der Waals surface area (Å²) in [5, 5.41) is 3.89. The van der Waals surface area contributed by atoms with Gasteiger partial charge >= 0.3 is 0 Å². The minimum atomic E-state index is 0.410. The molecule has 0 aliphatic rings. The molecule has 0 bridgehead atoms. The van der Waals surface area contributed by atoms with Crippen molar-refractivity contribution in [2.24, 2.45) is 0 Å². The normalized spacial score (nSPS) is 10.8. The van der Waals surface area contributed by atoms with E-state index in [1.807, 2.05) is 18.2 Å². The molecule has 5 heteroatoms. The highest BCUT2D eigenvalue weighted by Gasteiger charge is 2.18. The minimum absolute atomic E-state index is 0.410. The van der Waals surface area contributed by atoms with Crippen LogP contribution in [0.4, 0.5) is 5.82 Å². The maximum Gasteiger partial charge on any atom is 0.186 e. The maximum atomic E-state index is 5.93. The Balaban J connectivity index is 2.13. The van der Waals surface area contributed by atoms with E-state index < -0.39 is 0 Å². The van der Waals surface area contributed by atoms with Crippen LogP contribution in [0.1, 0.15) is 11.8 Å². The van der Waals surface area contributed by atoms with Gasteiger partial charge in [-0.15, -0.1) is 11.3 Å². The van der Waals surface area contributed by atoms with Crippen molar-refractivity contribution in [1.82, 2.24) is 10.1 Å². The fourth-order valence-electron chi connectivity index (χ4n) is 1.96. The smallest absolute Gasteiger partial charge is 0.186 e. The van der Waals surface area contributed by atoms with Gasteiger partial charge in [-0.1, -0.05) is 12.1 Å². The first-order valence-corrected chi connectivity index (χ1v) is 6.86. The summed E-state index contributed by atoms with van der Waals surface area (Å²) >= 11 is 1.70. The van der Waals surface area contributed by atoms with Crippen molar-refractivity contribution in [3.8, 4) is 21.8 Å². The van der Waals surface area contributed by atoms with Crippen molar-refractivity contribution in [1.29, 1.82) is 0 Å². The van der Waals surface area contributed by atoms with E-state index in [9.17, 15) is 0 Å². The lowest BCUT2D eigenvalue weighted by Crippen LogP contribution is -1.88. The summed E-state index contributed by atoms with van der Waals surface area (Å²) in [4.78, 5) is 6.38. The molecule has 0 aliphatic heterocycles. The molecule has 0 aromatic carbocycles. The highest BCUT2D eigenvalue weighted by molar-refractivity contribution is 7.15. The van der Waals surface area contributed by atoms with Gasteiger partial charge < -0.3 is 10.3 Å². The first-order chi connectivity index (χ1) is 9.29. The van der Waals surface area contributed by atoms with E-state index in [2.05, 4.69) is 23.1 Å². The molecule has 0 aliphatic carbocycles. The number of hydrogen-bond acceptors (Lipinski definition) is 5. The molecule has 3 heterocycles. The number of nitrogen functional groups attached to an aromatic ring is 1. The summed E-state index contributed by atoms with van der Waals surface area (Å²) in [6, 6.07) is 7.96. The molecular weight excluding hydrogens is 258 g/mol. The lowest BCUT2D eigenvalue weighted by Gasteiger charge is -2.00. The van der Waals surface area contributed by atoms with E-state index in [4.69, 9.17) is 10.3 Å². The van der Waals surface area contributed by atoms with Gasteiger partial charge in [-0.05, 0) is 36.2 Å². The molecule has 0 saturated carbocycles. The molecule has 19 heavy (non-hydrogen) atoms. The zero-order valence-electron chi connectivity index (χ0n) is 10.5. The topological polar surface area (TPSA) is 64.9 Å². The quantitative estimate of drug-likeness (QED) is 0.790. The molecule has 0 spiro atoms. The lowest BCUT2D eigenvalue weighted by atomic mass is 10.1. The molecule has 0 atom stereocenters. The van der Waals surface area contributed by atoms with Crippen molar-refractivity contribution in [2.45, 2.75) is 13.3 Å². The van der Waals surface area contributed by atoms with Gasteiger partial charge in [0.05, 0.1) is 10.4 Å². The first-order valence-electron chi connectivity index (χ1n) is 6.04. The predicted octanol–water partition coefficient (Wildman–Crippen LogP) is 3.61. The molecule has 4 nitrogen and oxygen atoms in total. The zero-order chi connectivity index (χ0) is 13.2. The van der Waals surface area contributed by atoms with Gasteiger partial charge in [0.1, 0.15) is 0 Å². The van der Waals surface area contributed by atoms with Crippen LogP contribution in [0.5, 0.6) is 0 Å². The molecule has 0 fully saturated rings. The number of aryl methyl sites for hydroxylation is 1. The molecule has 3 rings (SSSR count). The second-order valence-electron chi connectivity index (χ2n) is 4.13. The molecule has 3 aromatic heterocycles. The number of aromatic nitrogens is 2. The summed E-state index contributed by atoms with van der Waals surface area (Å²) in [6.07, 6.45) is 4.48. The van der Waals surface area contributed by atoms with Crippen LogP contribution in [-0.4, -0.2) is 10.1 Å². The van der Waals surface area contributed by atoms with Gasteiger partial charge in [0.15, 0.2) is 11.6 Å². The van der Waals surface area contributed by atoms with Gasteiger partial charge in [0.2, 0.25) is 0 Å². The molecule has 96 valence electrons. The van der Waals surface area contributed by atoms with Crippen LogP contribution in [0.2, 0.25) is 0 Å². The summed E-state index contributed by atoms with van der Waals surface area (Å²) in [5.74, 6) is 1.14. The van der Waals surface area contributed by atoms with E-state index in [0.29, 0.717) is 5.82 Å². The zero-order valence-corrected chi connectivity index (χ0v) is 11.3. The monoisotopic (exact) mass is 271 g/mol. The summed E-state index contributed by atoms with van der Waals surface area (Å²) < 4.78 is 5.41. The van der Waals surface area contributed by atoms with Crippen LogP contribution >= 0.6 is 11.3 Å². The van der Waals surface area contributed by atoms with E-state index >= 15 is 0 Å². The molecule has 0 amide bonds. The summed E-state index contributed by atoms with van der Waals surface area (Å²) in [5.41, 5.74) is 7.74. The number of rotatable bonds is 3. The third-order valence-electron chi connectivity index (χ3n) is 2.92. The maximum absolute atomic E-state index is 5.93. The number of pyridine rings is 1. The van der Waals surface area contributed by atoms with Crippen LogP contribution in [0.3, 0.4) is 0 Å². The first kappa shape index (κ1) is 11.9. The Bertz CT molecular complexity index is 688. The Morgan fingerprint density at radius 1 is 1.21 bits per heavy atom. The lowest BCUT2D eigenvalue weighted by molar-refractivity contribution is 0.437. The largest absolute Gasteiger partial charge is 0.380 e. The number of anilines is 1. The van der Waals surface area contributed by atoms with Gasteiger partial charge in [-0.3, -0.25) is 4.98 Å². The predicted molar refractivity (Wildman–Crippen MR) is 76.8 cm³/mol. The van der Waals surface area contributed by atoms with Gasteiger partial charge in [-0.25, -0.2) is 0 Å². The Morgan fingerprint density at radius 3 is 2.68 bits per heavy atom. The third-order valence-corrected chi connectivity index (χ3v) is 4.15. The van der Waals surface area contributed by atoms with E-state index in [0.717, 1.165) is 28.2 Å². The van der Waals surface area contributed by atoms with Crippen LogP contribution in [0.15, 0.2) is 41.2 Å². The fraction of sp³-hybridized carbons (Fsp3) is 0.143. The second kappa shape index (κ2) is 4.85. The Hall–Kier alpha value is -2.14. The fourth-order valence-corrected chi connectivity index (χ4v) is 2.89. The van der Waals surface area contributed by atoms with Crippen LogP contribution in [0.25, 0.3) is 21.8 Å². The van der Waals surface area contributed by atoms with Crippen LogP contribution < -0.4 is 5.73 Å². The van der Waals surface area contributed by atoms with Crippen molar-refractivity contribution in [3.05, 3.63) is 41.5 Å². The standard InChI is InChI=1S/C14H13N3OS/c1-2-10-3-4-11(19-10)13-12(14(15)17-18-13)9-5-7-16-8-6-9/h3-8H,2H2,1H3,(H2,15,17). The molecular formula is C14H13N3OS. The summed E-state index contributed by atoms with van der Waals surface area (Å²) in [6.45, 7) is 2.13. The Kier molecular flexibility index (Phi) is 3.05. The third kappa shape index (κ3) is 2.13. The average Bonchev–Trinajstić information content (AvgIpc) is 3.05. The molecule has 0 unspecified atom stereocenters. The average molecular weight is 271 g/mol. The van der Waals surface area contributed by atoms with Crippen LogP contribution in [-0.2, 0) is 6.42 Å². The number of thiophene rings is 1. The molecule has 0 radical (unpaired) electrons. The Labute approximate surface area is 114 Å². The SMILES string of the molecule is CCc1ccc(-c2onc(N)c2-c2ccncc2)s1. The van der Waals surface area contributed by atoms with Crippen molar-refractivity contribution < 1.29 is 4.52 Å². The second-order valence-corrected chi connectivity index (χ2v) is 5.30. The van der Waals surface area contributed by atoms with E-state index in [1.165, 1.54) is 4.88 Å². The number of nitrogens with zero attached hydrogens (tertiary/aromatic N) is 2. The van der Waals surface area contributed by atoms with Crippen molar-refractivity contribution in [3.63, 3.8) is 0 Å². The number of hydrogen-bond donors (Lipinski definition) is 1. The van der Waals surface area contributed by atoms with Gasteiger partial charge in [0, 0.05) is 17.3 Å². The molecule has 2 N–H and O–H groups in total. The Morgan fingerprint density at radius 2 is 2.00 bits per heavy atom. The minimum Gasteiger partial charge on any atom is -0.380 e. The van der Waals surface area contributed by atoms with Crippen LogP contribution in [0, 0.1) is 0 Å². The number of nitrogens with two attached hydrogens (primary N) is 1. The van der Waals surface area contributed by atoms with E-state index in [-0.39, 0.29) is 0 Å². The van der Waals surface area contributed by atoms with Crippen molar-refractivity contribution >= 4 is 17.2 Å². The van der Waals surface area contributed by atoms with Gasteiger partial charge in [0.25, 0.3) is 0 Å². The summed E-state index contributed by atoms with van der Waals surface area (Å²) in [7, 11) is 0. The molecule has 3 aromatic rings. The molecule has 0 saturated heterocycles. The van der Waals surface area contributed by atoms with Crippen molar-refractivity contribution in [2.75, 3.05) is 5.73 Å². The van der Waals surface area contributed by atoms with Gasteiger partial charge in [-0.2, -0.15) is 0 Å². The van der Waals surface area contributed by atoms with E-state index in [1.54, 1.807) is 23.7 Å². The highest BCUT2D eigenvalue weighted by atomic mass is 32.1. The highest BCUT2D eigenvalue weighted by Crippen LogP contribution is 2.39.